The highest BCUT2D eigenvalue weighted by molar-refractivity contribution is 7.98. The van der Waals surface area contributed by atoms with Gasteiger partial charge in [0.05, 0.1) is 0 Å². The van der Waals surface area contributed by atoms with Gasteiger partial charge in [0.1, 0.15) is 6.04 Å². The summed E-state index contributed by atoms with van der Waals surface area (Å²) in [5, 5.41) is 5.54. The van der Waals surface area contributed by atoms with Crippen LogP contribution in [0.15, 0.2) is 24.3 Å². The van der Waals surface area contributed by atoms with E-state index >= 15 is 0 Å². The molecule has 1 aliphatic carbocycles. The van der Waals surface area contributed by atoms with Crippen molar-refractivity contribution in [3.63, 3.8) is 0 Å². The van der Waals surface area contributed by atoms with E-state index in [1.165, 1.54) is 0 Å². The molecule has 0 unspecified atom stereocenters. The number of hydrogen-bond acceptors (Lipinski definition) is 5. The van der Waals surface area contributed by atoms with Gasteiger partial charge in [0.2, 0.25) is 0 Å². The lowest BCUT2D eigenvalue weighted by molar-refractivity contribution is -0.156. The zero-order valence-electron chi connectivity index (χ0n) is 15.4. The van der Waals surface area contributed by atoms with Crippen molar-refractivity contribution in [2.45, 2.75) is 51.3 Å². The molecular formula is C19H26N2O4S. The summed E-state index contributed by atoms with van der Waals surface area (Å²) in [5.41, 5.74) is 1.46. The zero-order chi connectivity index (χ0) is 19.1. The summed E-state index contributed by atoms with van der Waals surface area (Å²) in [5.74, 6) is -0.518. The standard InChI is InChI=1S/C19H26N2O4S/c1-12-5-4-6-14(11-12)18(23)21-16(9-10-26-3)19(24)25-13(2)17(22)20-15-7-8-15/h4-6,11,13,15-16H,7-10H2,1-3H3,(H,20,22)(H,21,23)/t13-,16-/m0/s1. The lowest BCUT2D eigenvalue weighted by Crippen LogP contribution is -2.45. The van der Waals surface area contributed by atoms with Crippen LogP contribution in [0.3, 0.4) is 0 Å². The molecule has 1 fully saturated rings. The number of amides is 2. The number of hydrogen-bond donors (Lipinski definition) is 2. The fourth-order valence-electron chi connectivity index (χ4n) is 2.37. The van der Waals surface area contributed by atoms with Crippen molar-refractivity contribution >= 4 is 29.5 Å². The third-order valence-corrected chi connectivity index (χ3v) is 4.71. The van der Waals surface area contributed by atoms with E-state index in [0.29, 0.717) is 17.7 Å². The van der Waals surface area contributed by atoms with Crippen molar-refractivity contribution < 1.29 is 19.1 Å². The van der Waals surface area contributed by atoms with Gasteiger partial charge in [-0.15, -0.1) is 0 Å². The van der Waals surface area contributed by atoms with E-state index < -0.39 is 18.1 Å². The molecule has 2 N–H and O–H groups in total. The molecule has 1 saturated carbocycles. The van der Waals surface area contributed by atoms with Crippen LogP contribution in [-0.4, -0.2) is 48.0 Å². The largest absolute Gasteiger partial charge is 0.451 e. The van der Waals surface area contributed by atoms with Crippen LogP contribution >= 0.6 is 11.8 Å². The molecule has 26 heavy (non-hydrogen) atoms. The van der Waals surface area contributed by atoms with Crippen LogP contribution in [-0.2, 0) is 14.3 Å². The second-order valence-electron chi connectivity index (χ2n) is 6.54. The Kier molecular flexibility index (Phi) is 7.50. The first-order valence-electron chi connectivity index (χ1n) is 8.78. The highest BCUT2D eigenvalue weighted by atomic mass is 32.2. The Hall–Kier alpha value is -2.02. The van der Waals surface area contributed by atoms with Gasteiger partial charge in [0, 0.05) is 11.6 Å². The summed E-state index contributed by atoms with van der Waals surface area (Å²) < 4.78 is 5.29. The van der Waals surface area contributed by atoms with Gasteiger partial charge in [-0.2, -0.15) is 11.8 Å². The maximum atomic E-state index is 12.5. The van der Waals surface area contributed by atoms with Gasteiger partial charge in [0.15, 0.2) is 6.10 Å². The first kappa shape index (κ1) is 20.3. The topological polar surface area (TPSA) is 84.5 Å². The van der Waals surface area contributed by atoms with E-state index in [1.807, 2.05) is 19.2 Å². The number of aryl methyl sites for hydroxylation is 1. The molecule has 7 heteroatoms. The summed E-state index contributed by atoms with van der Waals surface area (Å²) in [6, 6.07) is 6.58. The van der Waals surface area contributed by atoms with E-state index in [0.717, 1.165) is 18.4 Å². The van der Waals surface area contributed by atoms with Crippen molar-refractivity contribution in [2.75, 3.05) is 12.0 Å². The molecule has 0 heterocycles. The molecule has 1 aliphatic rings. The molecule has 1 aromatic carbocycles. The van der Waals surface area contributed by atoms with Crippen LogP contribution in [0.5, 0.6) is 0 Å². The average molecular weight is 378 g/mol. The van der Waals surface area contributed by atoms with Gasteiger partial charge < -0.3 is 15.4 Å². The molecule has 1 aromatic rings. The SMILES string of the molecule is CSCC[C@H](NC(=O)c1cccc(C)c1)C(=O)O[C@@H](C)C(=O)NC1CC1. The fraction of sp³-hybridized carbons (Fsp3) is 0.526. The highest BCUT2D eigenvalue weighted by Gasteiger charge is 2.29. The van der Waals surface area contributed by atoms with Crippen LogP contribution in [0.2, 0.25) is 0 Å². The van der Waals surface area contributed by atoms with E-state index in [9.17, 15) is 14.4 Å². The number of benzene rings is 1. The third-order valence-electron chi connectivity index (χ3n) is 4.07. The molecule has 0 bridgehead atoms. The van der Waals surface area contributed by atoms with Crippen LogP contribution in [0.1, 0.15) is 42.1 Å². The smallest absolute Gasteiger partial charge is 0.329 e. The third kappa shape index (κ3) is 6.37. The van der Waals surface area contributed by atoms with Gasteiger partial charge in [-0.3, -0.25) is 9.59 Å². The molecule has 142 valence electrons. The number of esters is 1. The minimum atomic E-state index is -0.879. The fourth-order valence-corrected chi connectivity index (χ4v) is 2.84. The molecule has 0 aliphatic heterocycles. The van der Waals surface area contributed by atoms with Gasteiger partial charge in [-0.1, -0.05) is 17.7 Å². The summed E-state index contributed by atoms with van der Waals surface area (Å²) in [4.78, 5) is 36.9. The number of rotatable bonds is 9. The van der Waals surface area contributed by atoms with Crippen molar-refractivity contribution in [1.29, 1.82) is 0 Å². The Bertz CT molecular complexity index is 661. The molecule has 2 atom stereocenters. The van der Waals surface area contributed by atoms with Crippen molar-refractivity contribution in [2.24, 2.45) is 0 Å². The molecule has 6 nitrogen and oxygen atoms in total. The maximum absolute atomic E-state index is 12.5. The van der Waals surface area contributed by atoms with E-state index in [-0.39, 0.29) is 17.9 Å². The highest BCUT2D eigenvalue weighted by Crippen LogP contribution is 2.19. The Morgan fingerprint density at radius 1 is 1.31 bits per heavy atom. The summed E-state index contributed by atoms with van der Waals surface area (Å²) in [6.07, 6.45) is 3.42. The Balaban J connectivity index is 1.96. The molecule has 2 amide bonds. The number of carbonyl (C=O) groups is 3. The Morgan fingerprint density at radius 2 is 2.04 bits per heavy atom. The summed E-state index contributed by atoms with van der Waals surface area (Å²) >= 11 is 1.58. The number of thioether (sulfide) groups is 1. The van der Waals surface area contributed by atoms with Crippen LogP contribution in [0.25, 0.3) is 0 Å². The van der Waals surface area contributed by atoms with Crippen LogP contribution in [0.4, 0.5) is 0 Å². The first-order valence-corrected chi connectivity index (χ1v) is 10.2. The Morgan fingerprint density at radius 3 is 2.65 bits per heavy atom. The lowest BCUT2D eigenvalue weighted by atomic mass is 10.1. The predicted octanol–water partition coefficient (Wildman–Crippen LogP) is 2.06. The minimum absolute atomic E-state index is 0.206. The van der Waals surface area contributed by atoms with Crippen molar-refractivity contribution in [3.05, 3.63) is 35.4 Å². The van der Waals surface area contributed by atoms with E-state index in [1.54, 1.807) is 36.9 Å². The van der Waals surface area contributed by atoms with E-state index in [2.05, 4.69) is 10.6 Å². The molecular weight excluding hydrogens is 352 g/mol. The molecule has 0 aromatic heterocycles. The second-order valence-corrected chi connectivity index (χ2v) is 7.52. The molecule has 2 rings (SSSR count). The van der Waals surface area contributed by atoms with E-state index in [4.69, 9.17) is 4.74 Å². The monoisotopic (exact) mass is 378 g/mol. The summed E-state index contributed by atoms with van der Waals surface area (Å²) in [6.45, 7) is 3.44. The first-order chi connectivity index (χ1) is 12.4. The van der Waals surface area contributed by atoms with Crippen molar-refractivity contribution in [3.8, 4) is 0 Å². The minimum Gasteiger partial charge on any atom is -0.451 e. The van der Waals surface area contributed by atoms with Crippen LogP contribution < -0.4 is 10.6 Å². The van der Waals surface area contributed by atoms with Gasteiger partial charge in [0.25, 0.3) is 11.8 Å². The molecule has 0 radical (unpaired) electrons. The molecule has 0 saturated heterocycles. The van der Waals surface area contributed by atoms with Crippen LogP contribution in [0, 0.1) is 6.92 Å². The predicted molar refractivity (Wildman–Crippen MR) is 102 cm³/mol. The lowest BCUT2D eigenvalue weighted by Gasteiger charge is -2.20. The van der Waals surface area contributed by atoms with Crippen molar-refractivity contribution in [1.82, 2.24) is 10.6 Å². The average Bonchev–Trinajstić information content (AvgIpc) is 3.42. The Labute approximate surface area is 158 Å². The number of nitrogens with one attached hydrogen (secondary N) is 2. The number of carbonyl (C=O) groups excluding carboxylic acids is 3. The zero-order valence-corrected chi connectivity index (χ0v) is 16.2. The quantitative estimate of drug-likeness (QED) is 0.643. The van der Waals surface area contributed by atoms with Gasteiger partial charge >= 0.3 is 5.97 Å². The number of ether oxygens (including phenoxy) is 1. The maximum Gasteiger partial charge on any atom is 0.329 e. The second kappa shape index (κ2) is 9.62. The normalized spacial score (nSPS) is 15.7. The van der Waals surface area contributed by atoms with Gasteiger partial charge in [-0.25, -0.2) is 4.79 Å². The molecule has 0 spiro atoms. The van der Waals surface area contributed by atoms with Gasteiger partial charge in [-0.05, 0) is 57.3 Å². The summed E-state index contributed by atoms with van der Waals surface area (Å²) in [7, 11) is 0.